The van der Waals surface area contributed by atoms with E-state index < -0.39 is 6.04 Å². The second-order valence-corrected chi connectivity index (χ2v) is 5.49. The SMILES string of the molecule is CCc1cccc(Cl)c1NC(C)C(=O)OCc1ccccc1. The molecule has 2 aromatic carbocycles. The van der Waals surface area contributed by atoms with Crippen molar-refractivity contribution in [1.82, 2.24) is 0 Å². The van der Waals surface area contributed by atoms with Crippen molar-refractivity contribution in [3.05, 3.63) is 64.7 Å². The number of nitrogens with one attached hydrogen (secondary N) is 1. The van der Waals surface area contributed by atoms with E-state index in [2.05, 4.69) is 12.2 Å². The Balaban J connectivity index is 1.97. The predicted molar refractivity (Wildman–Crippen MR) is 90.2 cm³/mol. The summed E-state index contributed by atoms with van der Waals surface area (Å²) in [6.45, 7) is 4.10. The number of carbonyl (C=O) groups excluding carboxylic acids is 1. The Kier molecular flexibility index (Phi) is 5.84. The summed E-state index contributed by atoms with van der Waals surface area (Å²) in [5.74, 6) is -0.300. The highest BCUT2D eigenvalue weighted by Crippen LogP contribution is 2.27. The summed E-state index contributed by atoms with van der Waals surface area (Å²) in [6, 6.07) is 14.9. The van der Waals surface area contributed by atoms with E-state index in [1.807, 2.05) is 48.5 Å². The van der Waals surface area contributed by atoms with Crippen molar-refractivity contribution in [2.75, 3.05) is 5.32 Å². The molecule has 0 aliphatic carbocycles. The minimum absolute atomic E-state index is 0.273. The van der Waals surface area contributed by atoms with Gasteiger partial charge in [0, 0.05) is 0 Å². The van der Waals surface area contributed by atoms with Gasteiger partial charge in [-0.05, 0) is 30.5 Å². The molecule has 0 bridgehead atoms. The second-order valence-electron chi connectivity index (χ2n) is 5.09. The van der Waals surface area contributed by atoms with Crippen LogP contribution in [0.15, 0.2) is 48.5 Å². The van der Waals surface area contributed by atoms with Crippen molar-refractivity contribution < 1.29 is 9.53 Å². The minimum atomic E-state index is -0.464. The molecule has 3 nitrogen and oxygen atoms in total. The van der Waals surface area contributed by atoms with Gasteiger partial charge in [0.2, 0.25) is 0 Å². The first-order valence-electron chi connectivity index (χ1n) is 7.36. The number of ether oxygens (including phenoxy) is 1. The van der Waals surface area contributed by atoms with Gasteiger partial charge in [0.15, 0.2) is 0 Å². The van der Waals surface area contributed by atoms with Crippen molar-refractivity contribution in [2.45, 2.75) is 32.9 Å². The van der Waals surface area contributed by atoms with Crippen LogP contribution in [0.2, 0.25) is 5.02 Å². The van der Waals surface area contributed by atoms with Crippen LogP contribution in [0.3, 0.4) is 0 Å². The Morgan fingerprint density at radius 3 is 2.59 bits per heavy atom. The van der Waals surface area contributed by atoms with Crippen LogP contribution in [0, 0.1) is 0 Å². The summed E-state index contributed by atoms with van der Waals surface area (Å²) < 4.78 is 5.33. The lowest BCUT2D eigenvalue weighted by atomic mass is 10.1. The highest BCUT2D eigenvalue weighted by molar-refractivity contribution is 6.33. The maximum atomic E-state index is 12.1. The van der Waals surface area contributed by atoms with Crippen LogP contribution in [0.25, 0.3) is 0 Å². The van der Waals surface area contributed by atoms with Crippen LogP contribution in [0.5, 0.6) is 0 Å². The number of para-hydroxylation sites is 1. The molecule has 1 atom stereocenters. The van der Waals surface area contributed by atoms with E-state index >= 15 is 0 Å². The Bertz CT molecular complexity index is 628. The van der Waals surface area contributed by atoms with Crippen LogP contribution in [-0.2, 0) is 22.6 Å². The molecule has 4 heteroatoms. The molecule has 0 saturated heterocycles. The molecule has 0 heterocycles. The molecule has 0 saturated carbocycles. The highest BCUT2D eigenvalue weighted by atomic mass is 35.5. The fraction of sp³-hybridized carbons (Fsp3) is 0.278. The lowest BCUT2D eigenvalue weighted by Gasteiger charge is -2.18. The average molecular weight is 318 g/mol. The predicted octanol–water partition coefficient (Wildman–Crippen LogP) is 4.45. The van der Waals surface area contributed by atoms with Crippen LogP contribution in [0.1, 0.15) is 25.0 Å². The fourth-order valence-corrected chi connectivity index (χ4v) is 2.40. The largest absolute Gasteiger partial charge is 0.459 e. The van der Waals surface area contributed by atoms with Crippen LogP contribution < -0.4 is 5.32 Å². The number of esters is 1. The maximum absolute atomic E-state index is 12.1. The summed E-state index contributed by atoms with van der Waals surface area (Å²) in [4.78, 5) is 12.1. The first-order valence-corrected chi connectivity index (χ1v) is 7.74. The van der Waals surface area contributed by atoms with Crippen LogP contribution in [0.4, 0.5) is 5.69 Å². The summed E-state index contributed by atoms with van der Waals surface area (Å²) in [6.07, 6.45) is 0.842. The molecular weight excluding hydrogens is 298 g/mol. The smallest absolute Gasteiger partial charge is 0.328 e. The molecule has 22 heavy (non-hydrogen) atoms. The maximum Gasteiger partial charge on any atom is 0.328 e. The molecule has 0 aliphatic rings. The van der Waals surface area contributed by atoms with Gasteiger partial charge in [-0.1, -0.05) is 61.0 Å². The van der Waals surface area contributed by atoms with E-state index in [4.69, 9.17) is 16.3 Å². The van der Waals surface area contributed by atoms with E-state index in [1.165, 1.54) is 0 Å². The third kappa shape index (κ3) is 4.25. The van der Waals surface area contributed by atoms with Gasteiger partial charge in [0.25, 0.3) is 0 Å². The highest BCUT2D eigenvalue weighted by Gasteiger charge is 2.17. The van der Waals surface area contributed by atoms with E-state index in [0.717, 1.165) is 23.2 Å². The van der Waals surface area contributed by atoms with Crippen molar-refractivity contribution in [1.29, 1.82) is 0 Å². The molecule has 0 amide bonds. The quantitative estimate of drug-likeness (QED) is 0.800. The van der Waals surface area contributed by atoms with E-state index in [0.29, 0.717) is 5.02 Å². The van der Waals surface area contributed by atoms with Gasteiger partial charge in [0.05, 0.1) is 10.7 Å². The summed E-state index contributed by atoms with van der Waals surface area (Å²) in [5.41, 5.74) is 2.85. The average Bonchev–Trinajstić information content (AvgIpc) is 2.55. The third-order valence-corrected chi connectivity index (χ3v) is 3.73. The number of anilines is 1. The molecule has 2 aromatic rings. The van der Waals surface area contributed by atoms with Gasteiger partial charge in [-0.3, -0.25) is 0 Å². The molecular formula is C18H20ClNO2. The van der Waals surface area contributed by atoms with Crippen LogP contribution >= 0.6 is 11.6 Å². The number of rotatable bonds is 6. The first-order chi connectivity index (χ1) is 10.6. The summed E-state index contributed by atoms with van der Waals surface area (Å²) in [7, 11) is 0. The van der Waals surface area contributed by atoms with Gasteiger partial charge < -0.3 is 10.1 Å². The summed E-state index contributed by atoms with van der Waals surface area (Å²) >= 11 is 6.22. The monoisotopic (exact) mass is 317 g/mol. The van der Waals surface area contributed by atoms with Gasteiger partial charge in [-0.15, -0.1) is 0 Å². The van der Waals surface area contributed by atoms with Gasteiger partial charge >= 0.3 is 5.97 Å². The third-order valence-electron chi connectivity index (χ3n) is 3.42. The zero-order valence-corrected chi connectivity index (χ0v) is 13.6. The van der Waals surface area contributed by atoms with Gasteiger partial charge in [-0.2, -0.15) is 0 Å². The molecule has 1 N–H and O–H groups in total. The Morgan fingerprint density at radius 2 is 1.91 bits per heavy atom. The second kappa shape index (κ2) is 7.85. The standard InChI is InChI=1S/C18H20ClNO2/c1-3-15-10-7-11-16(19)17(15)20-13(2)18(21)22-12-14-8-5-4-6-9-14/h4-11,13,20H,3,12H2,1-2H3. The number of halogens is 1. The lowest BCUT2D eigenvalue weighted by molar-refractivity contribution is -0.145. The normalized spacial score (nSPS) is 11.8. The van der Waals surface area contributed by atoms with Gasteiger partial charge in [0.1, 0.15) is 12.6 Å². The van der Waals surface area contributed by atoms with E-state index in [9.17, 15) is 4.79 Å². The summed E-state index contributed by atoms with van der Waals surface area (Å²) in [5, 5.41) is 3.77. The lowest BCUT2D eigenvalue weighted by Crippen LogP contribution is -2.28. The first kappa shape index (κ1) is 16.4. The molecule has 0 aromatic heterocycles. The Morgan fingerprint density at radius 1 is 1.18 bits per heavy atom. The molecule has 0 spiro atoms. The number of aryl methyl sites for hydroxylation is 1. The van der Waals surface area contributed by atoms with E-state index in [-0.39, 0.29) is 12.6 Å². The molecule has 1 unspecified atom stereocenters. The van der Waals surface area contributed by atoms with Crippen LogP contribution in [-0.4, -0.2) is 12.0 Å². The van der Waals surface area contributed by atoms with Crippen molar-refractivity contribution >= 4 is 23.3 Å². The molecule has 116 valence electrons. The van der Waals surface area contributed by atoms with Crippen molar-refractivity contribution in [3.8, 4) is 0 Å². The Hall–Kier alpha value is -2.00. The Labute approximate surface area is 136 Å². The molecule has 0 radical (unpaired) electrons. The van der Waals surface area contributed by atoms with E-state index in [1.54, 1.807) is 6.92 Å². The fourth-order valence-electron chi connectivity index (χ4n) is 2.15. The van der Waals surface area contributed by atoms with Crippen molar-refractivity contribution in [2.24, 2.45) is 0 Å². The topological polar surface area (TPSA) is 38.3 Å². The minimum Gasteiger partial charge on any atom is -0.459 e. The molecule has 0 fully saturated rings. The number of hydrogen-bond donors (Lipinski definition) is 1. The zero-order valence-electron chi connectivity index (χ0n) is 12.8. The van der Waals surface area contributed by atoms with Crippen molar-refractivity contribution in [3.63, 3.8) is 0 Å². The molecule has 2 rings (SSSR count). The number of hydrogen-bond acceptors (Lipinski definition) is 3. The van der Waals surface area contributed by atoms with Gasteiger partial charge in [-0.25, -0.2) is 4.79 Å². The zero-order chi connectivity index (χ0) is 15.9. The number of carbonyl (C=O) groups is 1. The molecule has 0 aliphatic heterocycles. The number of benzene rings is 2.